The Morgan fingerprint density at radius 3 is 2.41 bits per heavy atom. The Labute approximate surface area is 110 Å². The van der Waals surface area contributed by atoms with E-state index in [4.69, 9.17) is 4.74 Å². The van der Waals surface area contributed by atoms with Gasteiger partial charge in [-0.1, -0.05) is 0 Å². The first-order chi connectivity index (χ1) is 8.27. The van der Waals surface area contributed by atoms with Gasteiger partial charge in [-0.05, 0) is 0 Å². The van der Waals surface area contributed by atoms with Crippen molar-refractivity contribution < 1.29 is 4.74 Å². The molecule has 2 heteroatoms. The zero-order valence-corrected chi connectivity index (χ0v) is 12.2. The molecule has 0 saturated heterocycles. The van der Waals surface area contributed by atoms with Crippen LogP contribution < -0.4 is 4.46 Å². The second-order valence-electron chi connectivity index (χ2n) is 4.60. The average molecular weight is 295 g/mol. The third-order valence-corrected chi connectivity index (χ3v) is 5.91. The average Bonchev–Trinajstić information content (AvgIpc) is 2.40. The third kappa shape index (κ3) is 3.01. The van der Waals surface area contributed by atoms with Crippen molar-refractivity contribution in [1.29, 1.82) is 0 Å². The number of hydrogen-bond acceptors (Lipinski definition) is 1. The maximum atomic E-state index is 5.83. The Morgan fingerprint density at radius 2 is 1.82 bits per heavy atom. The molecular weight excluding hydrogens is 275 g/mol. The Hall–Kier alpha value is -0.561. The minimum atomic E-state index is -0.0336. The molecule has 1 aliphatic rings. The summed E-state index contributed by atoms with van der Waals surface area (Å²) in [6.07, 6.45) is 6.19. The Kier molecular flexibility index (Phi) is 4.44. The summed E-state index contributed by atoms with van der Waals surface area (Å²) in [5, 5.41) is 0. The van der Waals surface area contributed by atoms with Gasteiger partial charge in [0.2, 0.25) is 0 Å². The van der Waals surface area contributed by atoms with Crippen molar-refractivity contribution in [1.82, 2.24) is 0 Å². The van der Waals surface area contributed by atoms with E-state index in [1.54, 1.807) is 0 Å². The minimum absolute atomic E-state index is 0.0336. The van der Waals surface area contributed by atoms with Crippen LogP contribution in [-0.4, -0.2) is 27.7 Å². The van der Waals surface area contributed by atoms with Crippen LogP contribution in [0.4, 0.5) is 0 Å². The van der Waals surface area contributed by atoms with E-state index in [9.17, 15) is 0 Å². The molecular formula is C15H20OSe. The summed E-state index contributed by atoms with van der Waals surface area (Å²) in [6.45, 7) is 4.32. The van der Waals surface area contributed by atoms with Crippen LogP contribution in [0, 0.1) is 0 Å². The van der Waals surface area contributed by atoms with Crippen LogP contribution in [-0.2, 0) is 4.74 Å². The first-order valence-corrected chi connectivity index (χ1v) is 7.96. The molecule has 1 aliphatic carbocycles. The first kappa shape index (κ1) is 12.9. The molecule has 92 valence electrons. The van der Waals surface area contributed by atoms with E-state index in [1.165, 1.54) is 28.2 Å². The molecule has 0 bridgehead atoms. The van der Waals surface area contributed by atoms with E-state index in [-0.39, 0.29) is 5.60 Å². The topological polar surface area (TPSA) is 9.23 Å². The van der Waals surface area contributed by atoms with E-state index in [1.807, 2.05) is 7.11 Å². The van der Waals surface area contributed by atoms with Crippen LogP contribution >= 0.6 is 0 Å². The van der Waals surface area contributed by atoms with Crippen LogP contribution in [0.1, 0.15) is 32.1 Å². The molecule has 17 heavy (non-hydrogen) atoms. The molecule has 0 N–H and O–H groups in total. The zero-order valence-electron chi connectivity index (χ0n) is 10.4. The molecule has 0 aliphatic heterocycles. The van der Waals surface area contributed by atoms with Crippen molar-refractivity contribution >= 4 is 19.4 Å². The quantitative estimate of drug-likeness (QED) is 0.776. The van der Waals surface area contributed by atoms with Crippen LogP contribution in [0.3, 0.4) is 0 Å². The van der Waals surface area contributed by atoms with Crippen LogP contribution in [0.15, 0.2) is 41.4 Å². The number of ether oxygens (including phenoxy) is 1. The van der Waals surface area contributed by atoms with Gasteiger partial charge < -0.3 is 0 Å². The Balaban J connectivity index is 2.07. The van der Waals surface area contributed by atoms with Gasteiger partial charge in [0.05, 0.1) is 0 Å². The molecule has 1 saturated carbocycles. The summed E-state index contributed by atoms with van der Waals surface area (Å²) in [5.74, 6) is 0. The SMILES string of the molecule is C=C([Se]c1ccccc1)C1(OC)CCCCC1. The second-order valence-corrected chi connectivity index (χ2v) is 7.05. The van der Waals surface area contributed by atoms with Crippen LogP contribution in [0.5, 0.6) is 0 Å². The van der Waals surface area contributed by atoms with Gasteiger partial charge in [0.1, 0.15) is 0 Å². The molecule has 1 aromatic rings. The number of benzene rings is 1. The van der Waals surface area contributed by atoms with Gasteiger partial charge in [0, 0.05) is 0 Å². The molecule has 1 nitrogen and oxygen atoms in total. The summed E-state index contributed by atoms with van der Waals surface area (Å²) in [4.78, 5) is 0. The van der Waals surface area contributed by atoms with Crippen molar-refractivity contribution in [3.05, 3.63) is 41.4 Å². The standard InChI is InChI=1S/C15H20OSe/c1-13(17-14-9-5-3-6-10-14)15(16-2)11-7-4-8-12-15/h3,5-6,9-10H,1,4,7-8,11-12H2,2H3. The van der Waals surface area contributed by atoms with Crippen molar-refractivity contribution in [2.45, 2.75) is 37.7 Å². The predicted molar refractivity (Wildman–Crippen MR) is 73.8 cm³/mol. The number of hydrogen-bond donors (Lipinski definition) is 0. The monoisotopic (exact) mass is 296 g/mol. The predicted octanol–water partition coefficient (Wildman–Crippen LogP) is 2.88. The first-order valence-electron chi connectivity index (χ1n) is 6.24. The fourth-order valence-electron chi connectivity index (χ4n) is 2.44. The van der Waals surface area contributed by atoms with E-state index in [2.05, 4.69) is 36.9 Å². The maximum absolute atomic E-state index is 5.83. The summed E-state index contributed by atoms with van der Waals surface area (Å²) >= 11 is 0.328. The summed E-state index contributed by atoms with van der Waals surface area (Å²) < 4.78 is 8.53. The fourth-order valence-corrected chi connectivity index (χ4v) is 4.65. The van der Waals surface area contributed by atoms with E-state index < -0.39 is 0 Å². The van der Waals surface area contributed by atoms with Gasteiger partial charge in [-0.3, -0.25) is 0 Å². The Bertz CT molecular complexity index is 366. The van der Waals surface area contributed by atoms with Gasteiger partial charge in [0.15, 0.2) is 0 Å². The third-order valence-electron chi connectivity index (χ3n) is 3.54. The van der Waals surface area contributed by atoms with Crippen molar-refractivity contribution in [2.75, 3.05) is 7.11 Å². The molecule has 0 heterocycles. The molecule has 0 spiro atoms. The molecule has 0 aromatic heterocycles. The van der Waals surface area contributed by atoms with Crippen molar-refractivity contribution in [3.8, 4) is 0 Å². The summed E-state index contributed by atoms with van der Waals surface area (Å²) in [5.41, 5.74) is -0.0336. The fraction of sp³-hybridized carbons (Fsp3) is 0.467. The van der Waals surface area contributed by atoms with Gasteiger partial charge in [0.25, 0.3) is 0 Å². The molecule has 0 atom stereocenters. The summed E-state index contributed by atoms with van der Waals surface area (Å²) in [6, 6.07) is 10.7. The molecule has 0 amide bonds. The number of rotatable bonds is 4. The van der Waals surface area contributed by atoms with E-state index in [0.717, 1.165) is 12.8 Å². The van der Waals surface area contributed by atoms with E-state index >= 15 is 0 Å². The van der Waals surface area contributed by atoms with Gasteiger partial charge >= 0.3 is 110 Å². The summed E-state index contributed by atoms with van der Waals surface area (Å²) in [7, 11) is 1.84. The van der Waals surface area contributed by atoms with Crippen molar-refractivity contribution in [3.63, 3.8) is 0 Å². The van der Waals surface area contributed by atoms with Gasteiger partial charge in [-0.15, -0.1) is 0 Å². The van der Waals surface area contributed by atoms with Crippen LogP contribution in [0.2, 0.25) is 0 Å². The molecule has 0 unspecified atom stereocenters. The zero-order chi connectivity index (χ0) is 12.1. The van der Waals surface area contributed by atoms with E-state index in [0.29, 0.717) is 15.0 Å². The molecule has 2 rings (SSSR count). The second kappa shape index (κ2) is 5.86. The Morgan fingerprint density at radius 1 is 1.18 bits per heavy atom. The molecule has 1 aromatic carbocycles. The molecule has 1 fully saturated rings. The molecule has 0 radical (unpaired) electrons. The van der Waals surface area contributed by atoms with Crippen LogP contribution in [0.25, 0.3) is 0 Å². The number of methoxy groups -OCH3 is 1. The van der Waals surface area contributed by atoms with Gasteiger partial charge in [-0.25, -0.2) is 0 Å². The van der Waals surface area contributed by atoms with Crippen molar-refractivity contribution in [2.24, 2.45) is 0 Å². The normalized spacial score (nSPS) is 18.9. The van der Waals surface area contributed by atoms with Gasteiger partial charge in [-0.2, -0.15) is 0 Å².